The van der Waals surface area contributed by atoms with E-state index in [2.05, 4.69) is 20.6 Å². The van der Waals surface area contributed by atoms with Crippen LogP contribution in [0, 0.1) is 0 Å². The molecule has 1 N–H and O–H groups in total. The molecule has 0 saturated heterocycles. The molecule has 0 aromatic carbocycles. The summed E-state index contributed by atoms with van der Waals surface area (Å²) < 4.78 is 8.41. The summed E-state index contributed by atoms with van der Waals surface area (Å²) in [5.41, 5.74) is 2.36. The summed E-state index contributed by atoms with van der Waals surface area (Å²) in [7, 11) is 0. The Hall–Kier alpha value is -4.32. The Morgan fingerprint density at radius 3 is 2.72 bits per heavy atom. The molecule has 0 spiro atoms. The zero-order valence-corrected chi connectivity index (χ0v) is 22.5. The van der Waals surface area contributed by atoms with Gasteiger partial charge in [0.1, 0.15) is 23.3 Å². The fourth-order valence-corrected chi connectivity index (χ4v) is 5.78. The van der Waals surface area contributed by atoms with E-state index in [1.807, 2.05) is 48.0 Å². The number of carbonyl (C=O) groups is 1. The fourth-order valence-electron chi connectivity index (χ4n) is 4.05. The van der Waals surface area contributed by atoms with Crippen molar-refractivity contribution in [2.45, 2.75) is 13.1 Å². The highest BCUT2D eigenvalue weighted by atomic mass is 35.5. The molecule has 0 fully saturated rings. The van der Waals surface area contributed by atoms with E-state index in [0.717, 1.165) is 20.9 Å². The van der Waals surface area contributed by atoms with Crippen molar-refractivity contribution in [3.8, 4) is 22.4 Å². The topological polar surface area (TPSA) is 108 Å². The van der Waals surface area contributed by atoms with Crippen LogP contribution in [0.15, 0.2) is 94.3 Å². The van der Waals surface area contributed by atoms with Gasteiger partial charge in [-0.2, -0.15) is 9.78 Å². The first-order valence-corrected chi connectivity index (χ1v) is 13.8. The number of halogens is 1. The maximum atomic E-state index is 13.7. The number of rotatable bonds is 8. The van der Waals surface area contributed by atoms with E-state index in [0.29, 0.717) is 34.5 Å². The molecule has 12 heteroatoms. The summed E-state index contributed by atoms with van der Waals surface area (Å²) in [6.07, 6.45) is 7.84. The Bertz CT molecular complexity index is 1790. The third kappa shape index (κ3) is 5.32. The minimum absolute atomic E-state index is 0.227. The van der Waals surface area contributed by atoms with Crippen LogP contribution in [0.3, 0.4) is 0 Å². The molecule has 0 aliphatic rings. The minimum atomic E-state index is -0.448. The monoisotopic (exact) mass is 574 g/mol. The average molecular weight is 575 g/mol. The molecule has 6 heterocycles. The summed E-state index contributed by atoms with van der Waals surface area (Å²) in [6, 6.07) is 14.9. The van der Waals surface area contributed by atoms with Crippen molar-refractivity contribution < 1.29 is 9.32 Å². The lowest BCUT2D eigenvalue weighted by atomic mass is 10.1. The smallest absolute Gasteiger partial charge is 0.285 e. The number of hydrogen-bond acceptors (Lipinski definition) is 9. The van der Waals surface area contributed by atoms with Crippen LogP contribution in [0.2, 0.25) is 4.34 Å². The van der Waals surface area contributed by atoms with E-state index < -0.39 is 5.91 Å². The predicted octanol–water partition coefficient (Wildman–Crippen LogP) is 5.89. The highest BCUT2D eigenvalue weighted by molar-refractivity contribution is 7.16. The van der Waals surface area contributed by atoms with Crippen LogP contribution in [0.4, 0.5) is 5.82 Å². The summed E-state index contributed by atoms with van der Waals surface area (Å²) in [5.74, 6) is -0.0340. The van der Waals surface area contributed by atoms with Gasteiger partial charge in [0.25, 0.3) is 11.5 Å². The van der Waals surface area contributed by atoms with E-state index in [1.54, 1.807) is 40.4 Å². The summed E-state index contributed by atoms with van der Waals surface area (Å²) in [5, 5.41) is 13.4. The first-order valence-electron chi connectivity index (χ1n) is 11.7. The van der Waals surface area contributed by atoms with Gasteiger partial charge in [-0.3, -0.25) is 14.6 Å². The molecular weight excluding hydrogens is 556 g/mol. The van der Waals surface area contributed by atoms with Gasteiger partial charge in [-0.25, -0.2) is 0 Å². The van der Waals surface area contributed by atoms with Crippen molar-refractivity contribution in [2.75, 3.05) is 5.32 Å². The molecule has 6 aromatic rings. The van der Waals surface area contributed by atoms with Crippen LogP contribution in [0.5, 0.6) is 0 Å². The minimum Gasteiger partial charge on any atom is -0.365 e. The summed E-state index contributed by atoms with van der Waals surface area (Å²) in [6.45, 7) is 0.819. The summed E-state index contributed by atoms with van der Waals surface area (Å²) in [4.78, 5) is 33.3. The lowest BCUT2D eigenvalue weighted by Crippen LogP contribution is -2.22. The molecule has 194 valence electrons. The zero-order chi connectivity index (χ0) is 26.8. The molecule has 6 rings (SSSR count). The number of anilines is 1. The van der Waals surface area contributed by atoms with E-state index >= 15 is 0 Å². The number of nitrogens with one attached hydrogen (secondary N) is 1. The third-order valence-corrected chi connectivity index (χ3v) is 8.01. The maximum Gasteiger partial charge on any atom is 0.285 e. The van der Waals surface area contributed by atoms with Gasteiger partial charge in [0.2, 0.25) is 0 Å². The predicted molar refractivity (Wildman–Crippen MR) is 151 cm³/mol. The van der Waals surface area contributed by atoms with Crippen LogP contribution in [-0.4, -0.2) is 30.4 Å². The molecule has 0 saturated carbocycles. The van der Waals surface area contributed by atoms with Crippen molar-refractivity contribution >= 4 is 46.0 Å². The Morgan fingerprint density at radius 1 is 1.08 bits per heavy atom. The SMILES string of the molecule is O=C(c1cnoc1)n1nc(-c2cc(-c3cccnc3)cn(Cc3cccs3)c2=O)cc1NCc1ccc(Cl)s1. The van der Waals surface area contributed by atoms with Crippen LogP contribution < -0.4 is 10.9 Å². The molecule has 0 aliphatic heterocycles. The Balaban J connectivity index is 1.46. The van der Waals surface area contributed by atoms with Crippen molar-refractivity contribution in [2.24, 2.45) is 0 Å². The second-order valence-electron chi connectivity index (χ2n) is 8.50. The van der Waals surface area contributed by atoms with Gasteiger partial charge in [0, 0.05) is 45.5 Å². The van der Waals surface area contributed by atoms with Gasteiger partial charge >= 0.3 is 0 Å². The van der Waals surface area contributed by atoms with Crippen molar-refractivity contribution in [3.05, 3.63) is 115 Å². The van der Waals surface area contributed by atoms with Crippen molar-refractivity contribution in [1.82, 2.24) is 24.5 Å². The standard InChI is InChI=1S/C27H19ClN6O3S2/c28-24-6-5-20(39-24)13-30-25-10-23(32-34(25)26(35)19-12-31-37-16-19)22-9-18(17-3-1-7-29-11-17)14-33(27(22)36)15-21-4-2-8-38-21/h1-12,14,16,30H,13,15H2. The fraction of sp³-hybridized carbons (Fsp3) is 0.0741. The molecule has 0 aliphatic carbocycles. The molecule has 6 aromatic heterocycles. The molecule has 0 unspecified atom stereocenters. The van der Waals surface area contributed by atoms with E-state index in [9.17, 15) is 9.59 Å². The Labute approximate surface area is 234 Å². The molecule has 0 atom stereocenters. The zero-order valence-electron chi connectivity index (χ0n) is 20.2. The highest BCUT2D eigenvalue weighted by Gasteiger charge is 2.21. The van der Waals surface area contributed by atoms with Gasteiger partial charge in [0.05, 0.1) is 29.2 Å². The van der Waals surface area contributed by atoms with E-state index in [1.165, 1.54) is 28.5 Å². The Morgan fingerprint density at radius 2 is 2.00 bits per heavy atom. The lowest BCUT2D eigenvalue weighted by molar-refractivity contribution is 0.0947. The quantitative estimate of drug-likeness (QED) is 0.241. The van der Waals surface area contributed by atoms with Gasteiger partial charge in [-0.15, -0.1) is 22.7 Å². The molecular formula is C27H19ClN6O3S2. The molecule has 0 amide bonds. The van der Waals surface area contributed by atoms with Gasteiger partial charge < -0.3 is 14.4 Å². The maximum absolute atomic E-state index is 13.7. The van der Waals surface area contributed by atoms with Crippen LogP contribution in [-0.2, 0) is 13.1 Å². The van der Waals surface area contributed by atoms with E-state index in [4.69, 9.17) is 16.1 Å². The second kappa shape index (κ2) is 10.8. The highest BCUT2D eigenvalue weighted by Crippen LogP contribution is 2.27. The molecule has 39 heavy (non-hydrogen) atoms. The average Bonchev–Trinajstić information content (AvgIpc) is 3.77. The van der Waals surface area contributed by atoms with Crippen LogP contribution in [0.25, 0.3) is 22.4 Å². The summed E-state index contributed by atoms with van der Waals surface area (Å²) >= 11 is 9.09. The molecule has 9 nitrogen and oxygen atoms in total. The normalized spacial score (nSPS) is 11.1. The van der Waals surface area contributed by atoms with Crippen LogP contribution in [0.1, 0.15) is 20.1 Å². The second-order valence-corrected chi connectivity index (χ2v) is 11.3. The number of thiophene rings is 2. The largest absolute Gasteiger partial charge is 0.365 e. The number of hydrogen-bond donors (Lipinski definition) is 1. The first-order chi connectivity index (χ1) is 19.0. The lowest BCUT2D eigenvalue weighted by Gasteiger charge is -2.10. The third-order valence-electron chi connectivity index (χ3n) is 5.92. The van der Waals surface area contributed by atoms with Crippen molar-refractivity contribution in [3.63, 3.8) is 0 Å². The number of aromatic nitrogens is 5. The number of carbonyl (C=O) groups excluding carboxylic acids is 1. The molecule has 0 bridgehead atoms. The first kappa shape index (κ1) is 25.0. The van der Waals surface area contributed by atoms with Gasteiger partial charge in [-0.1, -0.05) is 28.9 Å². The van der Waals surface area contributed by atoms with Crippen LogP contribution >= 0.6 is 34.3 Å². The number of pyridine rings is 2. The molecule has 0 radical (unpaired) electrons. The van der Waals surface area contributed by atoms with Gasteiger partial charge in [0.15, 0.2) is 0 Å². The van der Waals surface area contributed by atoms with Gasteiger partial charge in [-0.05, 0) is 35.7 Å². The van der Waals surface area contributed by atoms with Crippen molar-refractivity contribution in [1.29, 1.82) is 0 Å². The number of nitrogens with zero attached hydrogens (tertiary/aromatic N) is 5. The Kier molecular flexibility index (Phi) is 6.93. The van der Waals surface area contributed by atoms with E-state index in [-0.39, 0.29) is 11.1 Å².